The van der Waals surface area contributed by atoms with Gasteiger partial charge in [0.1, 0.15) is 17.0 Å². The monoisotopic (exact) mass is 412 g/mol. The van der Waals surface area contributed by atoms with Crippen molar-refractivity contribution in [2.75, 3.05) is 11.9 Å². The van der Waals surface area contributed by atoms with Crippen molar-refractivity contribution in [2.24, 2.45) is 0 Å². The van der Waals surface area contributed by atoms with Gasteiger partial charge < -0.3 is 14.6 Å². The van der Waals surface area contributed by atoms with Crippen molar-refractivity contribution < 1.29 is 23.6 Å². The van der Waals surface area contributed by atoms with E-state index in [0.717, 1.165) is 0 Å². The summed E-state index contributed by atoms with van der Waals surface area (Å²) in [7, 11) is 0. The van der Waals surface area contributed by atoms with Crippen molar-refractivity contribution >= 4 is 34.9 Å². The highest BCUT2D eigenvalue weighted by Gasteiger charge is 2.24. The normalized spacial score (nSPS) is 10.4. The first-order valence-electron chi connectivity index (χ1n) is 8.66. The van der Waals surface area contributed by atoms with Crippen LogP contribution in [-0.2, 0) is 9.53 Å². The molecule has 3 rings (SSSR count). The third-order valence-electron chi connectivity index (χ3n) is 4.08. The van der Waals surface area contributed by atoms with Gasteiger partial charge in [-0.3, -0.25) is 9.59 Å². The molecule has 148 valence electrons. The van der Waals surface area contributed by atoms with Gasteiger partial charge in [0.2, 0.25) is 0 Å². The maximum Gasteiger partial charge on any atom is 0.344 e. The van der Waals surface area contributed by atoms with E-state index in [0.29, 0.717) is 21.8 Å². The first-order valence-corrected chi connectivity index (χ1v) is 9.03. The summed E-state index contributed by atoms with van der Waals surface area (Å²) in [5.41, 5.74) is 1.75. The fourth-order valence-corrected chi connectivity index (χ4v) is 2.89. The minimum atomic E-state index is -0.758. The molecular weight excluding hydrogens is 396 g/mol. The van der Waals surface area contributed by atoms with Crippen molar-refractivity contribution in [3.63, 3.8) is 0 Å². The number of ether oxygens (including phenoxy) is 1. The van der Waals surface area contributed by atoms with Gasteiger partial charge in [-0.25, -0.2) is 4.79 Å². The zero-order valence-electron chi connectivity index (χ0n) is 15.7. The number of carbonyl (C=O) groups excluding carboxylic acids is 3. The van der Waals surface area contributed by atoms with E-state index in [-0.39, 0.29) is 22.8 Å². The van der Waals surface area contributed by atoms with Crippen LogP contribution >= 0.6 is 11.6 Å². The number of rotatable bonds is 6. The number of aryl methyl sites for hydroxylation is 1. The third kappa shape index (κ3) is 4.70. The molecule has 1 heterocycles. The van der Waals surface area contributed by atoms with Crippen LogP contribution in [0.25, 0.3) is 11.3 Å². The van der Waals surface area contributed by atoms with Crippen molar-refractivity contribution in [1.82, 2.24) is 5.16 Å². The van der Waals surface area contributed by atoms with Crippen LogP contribution in [0.3, 0.4) is 0 Å². The SMILES string of the molecule is CC(=O)c1cccc(NC(=O)COC(=O)c2c(-c3ccccc3Cl)noc2C)c1. The van der Waals surface area contributed by atoms with Crippen molar-refractivity contribution in [3.05, 3.63) is 70.4 Å². The fraction of sp³-hybridized carbons (Fsp3) is 0.143. The van der Waals surface area contributed by atoms with Gasteiger partial charge in [-0.1, -0.05) is 47.1 Å². The number of anilines is 1. The van der Waals surface area contributed by atoms with Crippen molar-refractivity contribution in [1.29, 1.82) is 0 Å². The van der Waals surface area contributed by atoms with E-state index < -0.39 is 18.5 Å². The van der Waals surface area contributed by atoms with Gasteiger partial charge >= 0.3 is 5.97 Å². The van der Waals surface area contributed by atoms with Gasteiger partial charge in [0.05, 0.1) is 5.02 Å². The lowest BCUT2D eigenvalue weighted by Crippen LogP contribution is -2.21. The van der Waals surface area contributed by atoms with E-state index in [1.54, 1.807) is 55.5 Å². The van der Waals surface area contributed by atoms with Crippen LogP contribution in [0.4, 0.5) is 5.69 Å². The molecule has 0 bridgehead atoms. The summed E-state index contributed by atoms with van der Waals surface area (Å²) in [4.78, 5) is 36.1. The Morgan fingerprint density at radius 1 is 1.14 bits per heavy atom. The van der Waals surface area contributed by atoms with E-state index in [4.69, 9.17) is 20.9 Å². The number of Topliss-reactive ketones (excluding diaryl/α,β-unsaturated/α-hetero) is 1. The topological polar surface area (TPSA) is 98.5 Å². The molecule has 0 aliphatic carbocycles. The molecule has 0 fully saturated rings. The number of hydrogen-bond donors (Lipinski definition) is 1. The van der Waals surface area contributed by atoms with Crippen LogP contribution in [0.15, 0.2) is 53.1 Å². The van der Waals surface area contributed by atoms with E-state index in [1.807, 2.05) is 0 Å². The van der Waals surface area contributed by atoms with Gasteiger partial charge in [-0.15, -0.1) is 0 Å². The van der Waals surface area contributed by atoms with Gasteiger partial charge in [-0.05, 0) is 32.0 Å². The summed E-state index contributed by atoms with van der Waals surface area (Å²) < 4.78 is 10.2. The predicted molar refractivity (Wildman–Crippen MR) is 107 cm³/mol. The maximum absolute atomic E-state index is 12.5. The molecule has 1 N–H and O–H groups in total. The van der Waals surface area contributed by atoms with Crippen LogP contribution in [0.2, 0.25) is 5.02 Å². The summed E-state index contributed by atoms with van der Waals surface area (Å²) in [6, 6.07) is 13.3. The summed E-state index contributed by atoms with van der Waals surface area (Å²) in [6.07, 6.45) is 0. The van der Waals surface area contributed by atoms with Crippen LogP contribution in [0.1, 0.15) is 33.4 Å². The number of amides is 1. The molecule has 29 heavy (non-hydrogen) atoms. The average molecular weight is 413 g/mol. The lowest BCUT2D eigenvalue weighted by molar-refractivity contribution is -0.119. The molecule has 3 aromatic rings. The van der Waals surface area contributed by atoms with Crippen LogP contribution in [0.5, 0.6) is 0 Å². The van der Waals surface area contributed by atoms with Crippen LogP contribution < -0.4 is 5.32 Å². The molecule has 8 heteroatoms. The third-order valence-corrected chi connectivity index (χ3v) is 4.41. The van der Waals surface area contributed by atoms with Crippen LogP contribution in [0, 0.1) is 6.92 Å². The Bertz CT molecular complexity index is 1090. The molecule has 0 atom stereocenters. The Kier molecular flexibility index (Phi) is 6.09. The number of benzene rings is 2. The Hall–Kier alpha value is -3.45. The standard InChI is InChI=1S/C21H17ClN2O5/c1-12(25)14-6-5-7-15(10-14)23-18(26)11-28-21(27)19-13(2)29-24-20(19)16-8-3-4-9-17(16)22/h3-10H,11H2,1-2H3,(H,23,26). The first-order chi connectivity index (χ1) is 13.9. The Balaban J connectivity index is 1.70. The van der Waals surface area contributed by atoms with Gasteiger partial charge in [0.15, 0.2) is 12.4 Å². The van der Waals surface area contributed by atoms with Crippen LogP contribution in [-0.4, -0.2) is 29.4 Å². The zero-order chi connectivity index (χ0) is 21.0. The number of carbonyl (C=O) groups is 3. The molecular formula is C21H17ClN2O5. The highest BCUT2D eigenvalue weighted by atomic mass is 35.5. The second kappa shape index (κ2) is 8.70. The minimum absolute atomic E-state index is 0.101. The molecule has 0 saturated heterocycles. The highest BCUT2D eigenvalue weighted by molar-refractivity contribution is 6.33. The molecule has 0 saturated carbocycles. The summed E-state index contributed by atoms with van der Waals surface area (Å²) >= 11 is 6.18. The van der Waals surface area contributed by atoms with Gasteiger partial charge in [-0.2, -0.15) is 0 Å². The lowest BCUT2D eigenvalue weighted by Gasteiger charge is -2.08. The molecule has 7 nitrogen and oxygen atoms in total. The second-order valence-electron chi connectivity index (χ2n) is 6.20. The highest BCUT2D eigenvalue weighted by Crippen LogP contribution is 2.31. The number of nitrogens with zero attached hydrogens (tertiary/aromatic N) is 1. The molecule has 0 radical (unpaired) electrons. The molecule has 0 aliphatic rings. The van der Waals surface area contributed by atoms with E-state index in [2.05, 4.69) is 10.5 Å². The molecule has 1 amide bonds. The Labute approximate surface area is 171 Å². The van der Waals surface area contributed by atoms with Gasteiger partial charge in [0.25, 0.3) is 5.91 Å². The molecule has 0 spiro atoms. The number of aromatic nitrogens is 1. The lowest BCUT2D eigenvalue weighted by atomic mass is 10.1. The smallest absolute Gasteiger partial charge is 0.344 e. The number of nitrogens with one attached hydrogen (secondary N) is 1. The number of esters is 1. The van der Waals surface area contributed by atoms with Crippen molar-refractivity contribution in [2.45, 2.75) is 13.8 Å². The maximum atomic E-state index is 12.5. The molecule has 0 aliphatic heterocycles. The Morgan fingerprint density at radius 3 is 2.62 bits per heavy atom. The number of hydrogen-bond acceptors (Lipinski definition) is 6. The average Bonchev–Trinajstić information content (AvgIpc) is 3.08. The number of halogens is 1. The van der Waals surface area contributed by atoms with Crippen molar-refractivity contribution in [3.8, 4) is 11.3 Å². The minimum Gasteiger partial charge on any atom is -0.452 e. The fourth-order valence-electron chi connectivity index (χ4n) is 2.67. The summed E-state index contributed by atoms with van der Waals surface area (Å²) in [6.45, 7) is 2.48. The zero-order valence-corrected chi connectivity index (χ0v) is 16.4. The summed E-state index contributed by atoms with van der Waals surface area (Å²) in [5.74, 6) is -1.18. The Morgan fingerprint density at radius 2 is 1.90 bits per heavy atom. The quantitative estimate of drug-likeness (QED) is 0.478. The predicted octanol–water partition coefficient (Wildman–Crippen LogP) is 4.30. The van der Waals surface area contributed by atoms with E-state index >= 15 is 0 Å². The van der Waals surface area contributed by atoms with Gasteiger partial charge in [0, 0.05) is 16.8 Å². The molecule has 1 aromatic heterocycles. The second-order valence-corrected chi connectivity index (χ2v) is 6.61. The largest absolute Gasteiger partial charge is 0.452 e. The molecule has 2 aromatic carbocycles. The first kappa shape index (κ1) is 20.3. The molecule has 0 unspecified atom stereocenters. The van der Waals surface area contributed by atoms with E-state index in [1.165, 1.54) is 6.92 Å². The number of ketones is 1. The van der Waals surface area contributed by atoms with E-state index in [9.17, 15) is 14.4 Å². The summed E-state index contributed by atoms with van der Waals surface area (Å²) in [5, 5.41) is 6.88.